The Morgan fingerprint density at radius 3 is 2.58 bits per heavy atom. The van der Waals surface area contributed by atoms with E-state index in [0.717, 1.165) is 0 Å². The third-order valence-electron chi connectivity index (χ3n) is 2.65. The molecule has 0 radical (unpaired) electrons. The van der Waals surface area contributed by atoms with Crippen LogP contribution in [0.25, 0.3) is 0 Å². The fraction of sp³-hybridized carbons (Fsp3) is 0.231. The zero-order valence-corrected chi connectivity index (χ0v) is 11.3. The van der Waals surface area contributed by atoms with Crippen LogP contribution in [0.3, 0.4) is 0 Å². The summed E-state index contributed by atoms with van der Waals surface area (Å²) in [6.45, 7) is 0. The average molecular weight is 281 g/mol. The number of nitrogens with zero attached hydrogens (tertiary/aromatic N) is 2. The monoisotopic (exact) mass is 280 g/mol. The second-order valence-corrected chi connectivity index (χ2v) is 4.12. The largest absolute Gasteiger partial charge is 0.496 e. The lowest BCUT2D eigenvalue weighted by Gasteiger charge is -2.17. The highest BCUT2D eigenvalue weighted by Crippen LogP contribution is 2.36. The van der Waals surface area contributed by atoms with Gasteiger partial charge in [-0.3, -0.25) is 4.98 Å². The van der Waals surface area contributed by atoms with Gasteiger partial charge >= 0.3 is 0 Å². The molecule has 19 heavy (non-hydrogen) atoms. The van der Waals surface area contributed by atoms with E-state index >= 15 is 0 Å². The molecule has 5 nitrogen and oxygen atoms in total. The Labute approximate surface area is 115 Å². The van der Waals surface area contributed by atoms with Crippen LogP contribution in [-0.2, 0) is 0 Å². The molecule has 0 fully saturated rings. The summed E-state index contributed by atoms with van der Waals surface area (Å²) in [6.07, 6.45) is 1.89. The van der Waals surface area contributed by atoms with Crippen molar-refractivity contribution < 1.29 is 14.6 Å². The van der Waals surface area contributed by atoms with Crippen LogP contribution in [0.5, 0.6) is 11.6 Å². The van der Waals surface area contributed by atoms with Gasteiger partial charge < -0.3 is 14.6 Å². The van der Waals surface area contributed by atoms with Gasteiger partial charge in [0, 0.05) is 18.0 Å². The van der Waals surface area contributed by atoms with Crippen molar-refractivity contribution in [1.29, 1.82) is 0 Å². The number of halogens is 1. The molecule has 2 rings (SSSR count). The lowest BCUT2D eigenvalue weighted by Crippen LogP contribution is -2.08. The van der Waals surface area contributed by atoms with Crippen molar-refractivity contribution in [3.63, 3.8) is 0 Å². The first-order chi connectivity index (χ1) is 9.19. The van der Waals surface area contributed by atoms with Crippen LogP contribution in [-0.4, -0.2) is 29.3 Å². The molecule has 0 aliphatic carbocycles. The number of rotatable bonds is 4. The van der Waals surface area contributed by atoms with Crippen molar-refractivity contribution in [1.82, 2.24) is 9.97 Å². The van der Waals surface area contributed by atoms with Crippen LogP contribution in [0, 0.1) is 0 Å². The third kappa shape index (κ3) is 2.62. The normalized spacial score (nSPS) is 12.0. The van der Waals surface area contributed by atoms with Gasteiger partial charge in [0.1, 0.15) is 17.5 Å². The zero-order valence-electron chi connectivity index (χ0n) is 10.5. The van der Waals surface area contributed by atoms with E-state index in [4.69, 9.17) is 21.1 Å². The number of hydrogen-bond donors (Lipinski definition) is 1. The minimum absolute atomic E-state index is 0.247. The molecular weight excluding hydrogens is 268 g/mol. The predicted molar refractivity (Wildman–Crippen MR) is 70.6 cm³/mol. The first-order valence-corrected chi connectivity index (χ1v) is 5.92. The summed E-state index contributed by atoms with van der Waals surface area (Å²) in [5, 5.41) is 10.8. The lowest BCUT2D eigenvalue weighted by molar-refractivity contribution is 0.203. The minimum atomic E-state index is -1.08. The number of ether oxygens (including phenoxy) is 2. The maximum absolute atomic E-state index is 10.4. The fourth-order valence-corrected chi connectivity index (χ4v) is 2.05. The Morgan fingerprint density at radius 2 is 1.89 bits per heavy atom. The Bertz CT molecular complexity index is 578. The smallest absolute Gasteiger partial charge is 0.238 e. The first kappa shape index (κ1) is 13.6. The Balaban J connectivity index is 2.52. The third-order valence-corrected chi connectivity index (χ3v) is 2.98. The van der Waals surface area contributed by atoms with Gasteiger partial charge in [-0.2, -0.15) is 0 Å². The molecule has 0 saturated heterocycles. The highest BCUT2D eigenvalue weighted by molar-refractivity contribution is 6.31. The molecule has 6 heteroatoms. The summed E-state index contributed by atoms with van der Waals surface area (Å²) in [6, 6.07) is 5.13. The van der Waals surface area contributed by atoms with Crippen LogP contribution in [0.4, 0.5) is 0 Å². The molecular formula is C13H13ClN2O3. The molecule has 0 saturated carbocycles. The highest BCUT2D eigenvalue weighted by atomic mass is 35.5. The molecule has 1 aromatic carbocycles. The second kappa shape index (κ2) is 5.86. The second-order valence-electron chi connectivity index (χ2n) is 3.71. The van der Waals surface area contributed by atoms with Gasteiger partial charge in [-0.1, -0.05) is 17.7 Å². The fourth-order valence-electron chi connectivity index (χ4n) is 1.78. The maximum atomic E-state index is 10.4. The van der Waals surface area contributed by atoms with Gasteiger partial charge in [0.05, 0.1) is 19.2 Å². The summed E-state index contributed by atoms with van der Waals surface area (Å²) >= 11 is 6.12. The summed E-state index contributed by atoms with van der Waals surface area (Å²) in [7, 11) is 2.97. The van der Waals surface area contributed by atoms with Crippen LogP contribution in [0.15, 0.2) is 30.6 Å². The molecule has 1 atom stereocenters. The minimum Gasteiger partial charge on any atom is -0.496 e. The van der Waals surface area contributed by atoms with E-state index in [0.29, 0.717) is 16.3 Å². The SMILES string of the molecule is COc1cccc(Cl)c1C(O)c1nccnc1OC. The highest BCUT2D eigenvalue weighted by Gasteiger charge is 2.23. The molecule has 1 N–H and O–H groups in total. The number of aliphatic hydroxyl groups is 1. The van der Waals surface area contributed by atoms with E-state index < -0.39 is 6.10 Å². The number of benzene rings is 1. The van der Waals surface area contributed by atoms with Crippen LogP contribution >= 0.6 is 11.6 Å². The Hall–Kier alpha value is -1.85. The van der Waals surface area contributed by atoms with Gasteiger partial charge in [0.2, 0.25) is 5.88 Å². The van der Waals surface area contributed by atoms with Crippen molar-refractivity contribution >= 4 is 11.6 Å². The molecule has 2 aromatic rings. The molecule has 0 spiro atoms. The molecule has 1 heterocycles. The molecule has 0 bridgehead atoms. The summed E-state index contributed by atoms with van der Waals surface area (Å²) in [5.41, 5.74) is 0.724. The quantitative estimate of drug-likeness (QED) is 0.930. The van der Waals surface area contributed by atoms with E-state index in [2.05, 4.69) is 9.97 Å². The number of aliphatic hydroxyl groups excluding tert-OH is 1. The molecule has 1 unspecified atom stereocenters. The average Bonchev–Trinajstić information content (AvgIpc) is 2.46. The van der Waals surface area contributed by atoms with Gasteiger partial charge in [-0.25, -0.2) is 4.98 Å². The summed E-state index contributed by atoms with van der Waals surface area (Å²) < 4.78 is 10.3. The van der Waals surface area contributed by atoms with Crippen molar-refractivity contribution in [3.05, 3.63) is 46.9 Å². The molecule has 0 aliphatic rings. The zero-order chi connectivity index (χ0) is 13.8. The molecule has 0 aliphatic heterocycles. The van der Waals surface area contributed by atoms with E-state index in [1.165, 1.54) is 26.6 Å². The maximum Gasteiger partial charge on any atom is 0.238 e. The van der Waals surface area contributed by atoms with E-state index in [1.807, 2.05) is 0 Å². The number of hydrogen-bond acceptors (Lipinski definition) is 5. The Morgan fingerprint density at radius 1 is 1.16 bits per heavy atom. The van der Waals surface area contributed by atoms with E-state index in [1.54, 1.807) is 18.2 Å². The van der Waals surface area contributed by atoms with Crippen molar-refractivity contribution in [2.75, 3.05) is 14.2 Å². The first-order valence-electron chi connectivity index (χ1n) is 5.54. The van der Waals surface area contributed by atoms with Crippen molar-refractivity contribution in [3.8, 4) is 11.6 Å². The molecule has 100 valence electrons. The van der Waals surface area contributed by atoms with Crippen LogP contribution in [0.2, 0.25) is 5.02 Å². The number of methoxy groups -OCH3 is 2. The van der Waals surface area contributed by atoms with E-state index in [9.17, 15) is 5.11 Å². The van der Waals surface area contributed by atoms with Gasteiger partial charge in [-0.15, -0.1) is 0 Å². The Kier molecular flexibility index (Phi) is 4.19. The number of aromatic nitrogens is 2. The van der Waals surface area contributed by atoms with Gasteiger partial charge in [0.15, 0.2) is 0 Å². The van der Waals surface area contributed by atoms with Crippen LogP contribution in [0.1, 0.15) is 17.4 Å². The summed E-state index contributed by atoms with van der Waals surface area (Å²) in [5.74, 6) is 0.727. The van der Waals surface area contributed by atoms with Gasteiger partial charge in [0.25, 0.3) is 0 Å². The molecule has 0 amide bonds. The molecule has 1 aromatic heterocycles. The topological polar surface area (TPSA) is 64.5 Å². The predicted octanol–water partition coefficient (Wildman–Crippen LogP) is 2.23. The van der Waals surface area contributed by atoms with Crippen LogP contribution < -0.4 is 9.47 Å². The van der Waals surface area contributed by atoms with Crippen molar-refractivity contribution in [2.24, 2.45) is 0 Å². The van der Waals surface area contributed by atoms with E-state index in [-0.39, 0.29) is 11.6 Å². The van der Waals surface area contributed by atoms with Gasteiger partial charge in [-0.05, 0) is 12.1 Å². The standard InChI is InChI=1S/C13H13ClN2O3/c1-18-9-5-3-4-8(14)10(9)12(17)11-13(19-2)16-7-6-15-11/h3-7,12,17H,1-2H3. The lowest BCUT2D eigenvalue weighted by atomic mass is 10.1. The summed E-state index contributed by atoms with van der Waals surface area (Å²) in [4.78, 5) is 8.09. The van der Waals surface area contributed by atoms with Crippen molar-refractivity contribution in [2.45, 2.75) is 6.10 Å².